The zero-order valence-corrected chi connectivity index (χ0v) is 28.0. The summed E-state index contributed by atoms with van der Waals surface area (Å²) in [5.74, 6) is -3.81. The summed E-state index contributed by atoms with van der Waals surface area (Å²) in [5, 5.41) is 10.6. The number of benzene rings is 2. The first-order valence-electron chi connectivity index (χ1n) is 16.9. The van der Waals surface area contributed by atoms with Gasteiger partial charge in [0.25, 0.3) is 0 Å². The van der Waals surface area contributed by atoms with Crippen molar-refractivity contribution in [3.05, 3.63) is 96.1 Å². The lowest BCUT2D eigenvalue weighted by atomic mass is 9.77. The molecular weight excluding hydrogens is 610 g/mol. The average molecular weight is 656 g/mol. The molecule has 48 heavy (non-hydrogen) atoms. The maximum atomic E-state index is 14.8. The highest BCUT2D eigenvalue weighted by Gasteiger charge is 2.72. The largest absolute Gasteiger partial charge is 0.455 e. The summed E-state index contributed by atoms with van der Waals surface area (Å²) in [4.78, 5) is 62.0. The van der Waals surface area contributed by atoms with Crippen LogP contribution in [0.4, 0.5) is 0 Å². The number of ether oxygens (including phenoxy) is 2. The number of hydrogen-bond donors (Lipinski definition) is 1. The summed E-state index contributed by atoms with van der Waals surface area (Å²) in [6, 6.07) is 16.6. The van der Waals surface area contributed by atoms with Crippen molar-refractivity contribution in [2.75, 3.05) is 20.2 Å². The van der Waals surface area contributed by atoms with Gasteiger partial charge in [-0.05, 0) is 30.4 Å². The summed E-state index contributed by atoms with van der Waals surface area (Å²) in [6.45, 7) is 5.89. The van der Waals surface area contributed by atoms with E-state index in [1.54, 1.807) is 35.1 Å². The third-order valence-corrected chi connectivity index (χ3v) is 10.5. The van der Waals surface area contributed by atoms with E-state index < -0.39 is 59.6 Å². The molecule has 254 valence electrons. The van der Waals surface area contributed by atoms with Crippen molar-refractivity contribution in [2.45, 2.75) is 76.1 Å². The minimum Gasteiger partial charge on any atom is -0.455 e. The Morgan fingerprint density at radius 3 is 2.31 bits per heavy atom. The van der Waals surface area contributed by atoms with Crippen LogP contribution in [-0.4, -0.2) is 93.5 Å². The van der Waals surface area contributed by atoms with E-state index in [1.807, 2.05) is 87.5 Å². The third-order valence-electron chi connectivity index (χ3n) is 10.5. The van der Waals surface area contributed by atoms with Gasteiger partial charge < -0.3 is 29.3 Å². The summed E-state index contributed by atoms with van der Waals surface area (Å²) in [7, 11) is 1.70. The van der Waals surface area contributed by atoms with Gasteiger partial charge in [-0.15, -0.1) is 0 Å². The van der Waals surface area contributed by atoms with Crippen LogP contribution in [0.2, 0.25) is 0 Å². The zero-order valence-electron chi connectivity index (χ0n) is 28.0. The molecule has 2 fully saturated rings. The molecule has 0 aliphatic carbocycles. The molecule has 4 aliphatic rings. The number of aliphatic hydroxyl groups excluding tert-OH is 1. The Labute approximate surface area is 282 Å². The molecule has 2 aromatic rings. The van der Waals surface area contributed by atoms with Crippen molar-refractivity contribution in [1.82, 2.24) is 14.7 Å². The maximum Gasteiger partial charge on any atom is 0.313 e. The molecule has 0 aromatic heterocycles. The second-order valence-electron chi connectivity index (χ2n) is 13.7. The van der Waals surface area contributed by atoms with E-state index in [-0.39, 0.29) is 37.3 Å². The fraction of sp³-hybridized carbons (Fsp3) is 0.474. The molecule has 0 radical (unpaired) electrons. The molecule has 1 N–H and O–H groups in total. The zero-order chi connectivity index (χ0) is 34.2. The summed E-state index contributed by atoms with van der Waals surface area (Å²) in [5.41, 5.74) is 0.168. The Hall–Kier alpha value is -4.28. The average Bonchev–Trinajstić information content (AvgIpc) is 3.48. The number of likely N-dealkylation sites (tertiary alicyclic amines) is 1. The van der Waals surface area contributed by atoms with Gasteiger partial charge in [-0.2, -0.15) is 0 Å². The molecule has 1 spiro atoms. The number of amides is 3. The van der Waals surface area contributed by atoms with Crippen LogP contribution in [0.3, 0.4) is 0 Å². The van der Waals surface area contributed by atoms with E-state index in [0.29, 0.717) is 18.5 Å². The van der Waals surface area contributed by atoms with Gasteiger partial charge in [-0.25, -0.2) is 0 Å². The minimum atomic E-state index is -1.48. The highest BCUT2D eigenvalue weighted by Crippen LogP contribution is 2.54. The highest BCUT2D eigenvalue weighted by atomic mass is 16.6. The first kappa shape index (κ1) is 33.6. The van der Waals surface area contributed by atoms with Crippen LogP contribution in [0.5, 0.6) is 0 Å². The van der Waals surface area contributed by atoms with Gasteiger partial charge in [0.1, 0.15) is 23.7 Å². The Bertz CT molecular complexity index is 1580. The van der Waals surface area contributed by atoms with Gasteiger partial charge in [0.2, 0.25) is 17.7 Å². The highest BCUT2D eigenvalue weighted by molar-refractivity contribution is 5.99. The standard InChI is InChI=1S/C38H45N3O7/c1-24(2)28(23-42)41-34-36(45)40(22-26-14-7-5-8-15-26)21-13-20-38(34)32(35(41)44)31-29(48-38)18-11-12-19-30(43)39(4)25(3)33(47-37(31)46)27-16-9-6-10-17-27/h5-11,13-18,20,24-25,28-29,31-34,42H,12,19,21-23H2,1-4H3/b18-11-/t25-,28+,29-,31+,32+,33+,34-,38+/m1/s1. The fourth-order valence-corrected chi connectivity index (χ4v) is 7.80. The topological polar surface area (TPSA) is 117 Å². The summed E-state index contributed by atoms with van der Waals surface area (Å²) in [6.07, 6.45) is 6.13. The van der Waals surface area contributed by atoms with E-state index in [9.17, 15) is 24.3 Å². The lowest BCUT2D eigenvalue weighted by Crippen LogP contribution is -2.59. The summed E-state index contributed by atoms with van der Waals surface area (Å²) >= 11 is 0. The number of cyclic esters (lactones) is 1. The van der Waals surface area contributed by atoms with Crippen LogP contribution in [0.1, 0.15) is 50.8 Å². The molecule has 2 aromatic carbocycles. The molecule has 8 atom stereocenters. The number of likely N-dealkylation sites (N-methyl/N-ethyl adjacent to an activating group) is 1. The Balaban J connectivity index is 1.45. The van der Waals surface area contributed by atoms with Crippen molar-refractivity contribution >= 4 is 23.7 Å². The van der Waals surface area contributed by atoms with Gasteiger partial charge in [0.05, 0.1) is 30.7 Å². The molecule has 2 saturated heterocycles. The van der Waals surface area contributed by atoms with E-state index in [1.165, 1.54) is 4.90 Å². The van der Waals surface area contributed by atoms with E-state index in [4.69, 9.17) is 9.47 Å². The second-order valence-corrected chi connectivity index (χ2v) is 13.7. The molecule has 0 unspecified atom stereocenters. The van der Waals surface area contributed by atoms with Gasteiger partial charge >= 0.3 is 5.97 Å². The van der Waals surface area contributed by atoms with Crippen molar-refractivity contribution in [3.8, 4) is 0 Å². The van der Waals surface area contributed by atoms with Gasteiger partial charge in [-0.3, -0.25) is 19.2 Å². The second kappa shape index (κ2) is 13.7. The number of carbonyl (C=O) groups is 4. The number of esters is 1. The Morgan fingerprint density at radius 2 is 1.65 bits per heavy atom. The smallest absolute Gasteiger partial charge is 0.313 e. The third kappa shape index (κ3) is 5.85. The van der Waals surface area contributed by atoms with Gasteiger partial charge in [0.15, 0.2) is 0 Å². The van der Waals surface area contributed by atoms with E-state index in [0.717, 1.165) is 5.56 Å². The number of hydrogen-bond acceptors (Lipinski definition) is 7. The predicted molar refractivity (Wildman–Crippen MR) is 178 cm³/mol. The monoisotopic (exact) mass is 655 g/mol. The molecule has 4 aliphatic heterocycles. The van der Waals surface area contributed by atoms with Crippen molar-refractivity contribution in [1.29, 1.82) is 0 Å². The fourth-order valence-electron chi connectivity index (χ4n) is 7.80. The van der Waals surface area contributed by atoms with Gasteiger partial charge in [0, 0.05) is 26.6 Å². The molecule has 4 heterocycles. The predicted octanol–water partition coefficient (Wildman–Crippen LogP) is 3.66. The first-order chi connectivity index (χ1) is 23.1. The molecule has 0 bridgehead atoms. The van der Waals surface area contributed by atoms with Crippen molar-refractivity contribution < 1.29 is 33.8 Å². The minimum absolute atomic E-state index is 0.0884. The van der Waals surface area contributed by atoms with Gasteiger partial charge in [-0.1, -0.05) is 98.8 Å². The van der Waals surface area contributed by atoms with Crippen LogP contribution in [-0.2, 0) is 35.2 Å². The first-order valence-corrected chi connectivity index (χ1v) is 16.9. The number of rotatable bonds is 6. The normalized spacial score (nSPS) is 32.2. The Morgan fingerprint density at radius 1 is 0.958 bits per heavy atom. The lowest BCUT2D eigenvalue weighted by molar-refractivity contribution is -0.165. The number of fused-ring (bicyclic) bond motifs is 2. The Kier molecular flexibility index (Phi) is 9.58. The van der Waals surface area contributed by atoms with Crippen LogP contribution in [0.15, 0.2) is 85.0 Å². The van der Waals surface area contributed by atoms with Crippen LogP contribution >= 0.6 is 0 Å². The molecule has 10 nitrogen and oxygen atoms in total. The maximum absolute atomic E-state index is 14.8. The molecule has 6 rings (SSSR count). The van der Waals surface area contributed by atoms with Crippen LogP contribution in [0.25, 0.3) is 0 Å². The molecule has 0 saturated carbocycles. The van der Waals surface area contributed by atoms with E-state index >= 15 is 0 Å². The van der Waals surface area contributed by atoms with Crippen molar-refractivity contribution in [3.63, 3.8) is 0 Å². The van der Waals surface area contributed by atoms with Crippen LogP contribution in [0, 0.1) is 17.8 Å². The molecule has 3 amide bonds. The quantitative estimate of drug-likeness (QED) is 0.373. The summed E-state index contributed by atoms with van der Waals surface area (Å²) < 4.78 is 13.2. The van der Waals surface area contributed by atoms with Crippen molar-refractivity contribution in [2.24, 2.45) is 17.8 Å². The number of carbonyl (C=O) groups excluding carboxylic acids is 4. The lowest BCUT2D eigenvalue weighted by Gasteiger charge is -2.40. The number of aliphatic hydroxyl groups is 1. The SMILES string of the molecule is CC(C)[C@H](CO)N1C(=O)[C@@H]2[C@H]3C(=O)O[C@H](c4ccccc4)[C@@H](C)N(C)C(=O)CC/C=C\[C@H]3O[C@@]23C=CCN(Cc2ccccc2)C(=O)[C@@H]13. The molecular formula is C38H45N3O7. The number of allylic oxidation sites excluding steroid dienone is 1. The van der Waals surface area contributed by atoms with E-state index in [2.05, 4.69) is 0 Å². The number of nitrogens with zero attached hydrogens (tertiary/aromatic N) is 3. The molecule has 10 heteroatoms. The van der Waals surface area contributed by atoms with Crippen LogP contribution < -0.4 is 0 Å².